The first-order valence-corrected chi connectivity index (χ1v) is 7.64. The maximum atomic E-state index is 13.7. The van der Waals surface area contributed by atoms with Crippen molar-refractivity contribution in [3.05, 3.63) is 64.2 Å². The molecule has 6 heteroatoms. The molecule has 0 bridgehead atoms. The largest absolute Gasteiger partial charge is 0.488 e. The van der Waals surface area contributed by atoms with Gasteiger partial charge in [-0.2, -0.15) is 0 Å². The quantitative estimate of drug-likeness (QED) is 0.675. The monoisotopic (exact) mass is 352 g/mol. The summed E-state index contributed by atoms with van der Waals surface area (Å²) in [5.41, 5.74) is 0.273. The SMILES string of the molecule is CC(=O)CCC(=O)c1ccc(Cl)cc1OCc1cccc(F)c1F. The Hall–Kier alpha value is -2.27. The van der Waals surface area contributed by atoms with Crippen LogP contribution in [-0.2, 0) is 11.4 Å². The summed E-state index contributed by atoms with van der Waals surface area (Å²) in [5.74, 6) is -2.18. The number of rotatable bonds is 7. The van der Waals surface area contributed by atoms with Crippen LogP contribution in [0.4, 0.5) is 8.78 Å². The van der Waals surface area contributed by atoms with Crippen LogP contribution in [0.3, 0.4) is 0 Å². The van der Waals surface area contributed by atoms with Crippen molar-refractivity contribution in [2.24, 2.45) is 0 Å². The number of Topliss-reactive ketones (excluding diaryl/α,β-unsaturated/α-hetero) is 2. The summed E-state index contributed by atoms with van der Waals surface area (Å²) in [6.45, 7) is 1.15. The minimum Gasteiger partial charge on any atom is -0.488 e. The summed E-state index contributed by atoms with van der Waals surface area (Å²) >= 11 is 5.91. The lowest BCUT2D eigenvalue weighted by Crippen LogP contribution is -2.07. The van der Waals surface area contributed by atoms with E-state index in [1.807, 2.05) is 0 Å². The standard InChI is InChI=1S/C18H15ClF2O3/c1-11(22)5-8-16(23)14-7-6-13(19)9-17(14)24-10-12-3-2-4-15(20)18(12)21/h2-4,6-7,9H,5,8,10H2,1H3. The van der Waals surface area contributed by atoms with Gasteiger partial charge >= 0.3 is 0 Å². The van der Waals surface area contributed by atoms with Gasteiger partial charge in [0.1, 0.15) is 18.1 Å². The second-order valence-electron chi connectivity index (χ2n) is 5.27. The van der Waals surface area contributed by atoms with Gasteiger partial charge in [0, 0.05) is 23.4 Å². The second-order valence-corrected chi connectivity index (χ2v) is 5.70. The molecule has 2 aromatic rings. The van der Waals surface area contributed by atoms with Gasteiger partial charge < -0.3 is 9.53 Å². The van der Waals surface area contributed by atoms with E-state index in [4.69, 9.17) is 16.3 Å². The van der Waals surface area contributed by atoms with Gasteiger partial charge in [0.25, 0.3) is 0 Å². The summed E-state index contributed by atoms with van der Waals surface area (Å²) in [6, 6.07) is 8.21. The first-order valence-electron chi connectivity index (χ1n) is 7.26. The Morgan fingerprint density at radius 2 is 1.88 bits per heavy atom. The second kappa shape index (κ2) is 8.02. The Labute approximate surface area is 143 Å². The summed E-state index contributed by atoms with van der Waals surface area (Å²) in [7, 11) is 0. The van der Waals surface area contributed by atoms with Crippen LogP contribution in [0, 0.1) is 11.6 Å². The average molecular weight is 353 g/mol. The van der Waals surface area contributed by atoms with Crippen LogP contribution in [0.2, 0.25) is 5.02 Å². The average Bonchev–Trinajstić information content (AvgIpc) is 2.54. The number of ether oxygens (including phenoxy) is 1. The van der Waals surface area contributed by atoms with Crippen LogP contribution >= 0.6 is 11.6 Å². The van der Waals surface area contributed by atoms with Crippen molar-refractivity contribution in [1.29, 1.82) is 0 Å². The summed E-state index contributed by atoms with van der Waals surface area (Å²) < 4.78 is 32.4. The van der Waals surface area contributed by atoms with Crippen molar-refractivity contribution < 1.29 is 23.1 Å². The molecule has 0 radical (unpaired) electrons. The Balaban J connectivity index is 2.19. The predicted octanol–water partition coefficient (Wildman–Crippen LogP) is 4.75. The molecule has 0 unspecified atom stereocenters. The van der Waals surface area contributed by atoms with E-state index < -0.39 is 11.6 Å². The molecule has 0 fully saturated rings. The number of ketones is 2. The van der Waals surface area contributed by atoms with E-state index in [1.165, 1.54) is 37.3 Å². The fourth-order valence-electron chi connectivity index (χ4n) is 2.09. The molecule has 0 N–H and O–H groups in total. The minimum atomic E-state index is -0.996. The molecule has 0 heterocycles. The summed E-state index contributed by atoms with van der Waals surface area (Å²) in [6.07, 6.45) is 0.168. The van der Waals surface area contributed by atoms with Gasteiger partial charge in [0.05, 0.1) is 5.56 Å². The lowest BCUT2D eigenvalue weighted by molar-refractivity contribution is -0.116. The fraction of sp³-hybridized carbons (Fsp3) is 0.222. The van der Waals surface area contributed by atoms with Gasteiger partial charge in [-0.3, -0.25) is 4.79 Å². The number of benzene rings is 2. The molecule has 0 saturated carbocycles. The van der Waals surface area contributed by atoms with Crippen molar-refractivity contribution in [3.8, 4) is 5.75 Å². The third kappa shape index (κ3) is 4.61. The fourth-order valence-corrected chi connectivity index (χ4v) is 2.25. The third-order valence-corrected chi connectivity index (χ3v) is 3.60. The molecule has 24 heavy (non-hydrogen) atoms. The topological polar surface area (TPSA) is 43.4 Å². The van der Waals surface area contributed by atoms with Gasteiger partial charge in [-0.1, -0.05) is 23.7 Å². The number of carbonyl (C=O) groups excluding carboxylic acids is 2. The van der Waals surface area contributed by atoms with Crippen molar-refractivity contribution in [2.75, 3.05) is 0 Å². The first-order chi connectivity index (χ1) is 11.4. The molecule has 0 aromatic heterocycles. The Morgan fingerprint density at radius 3 is 2.58 bits per heavy atom. The molecule has 2 rings (SSSR count). The Morgan fingerprint density at radius 1 is 1.12 bits per heavy atom. The van der Waals surface area contributed by atoms with Gasteiger partial charge in [0.2, 0.25) is 0 Å². The van der Waals surface area contributed by atoms with Crippen LogP contribution in [0.25, 0.3) is 0 Å². The van der Waals surface area contributed by atoms with E-state index in [9.17, 15) is 18.4 Å². The van der Waals surface area contributed by atoms with E-state index in [2.05, 4.69) is 0 Å². The lowest BCUT2D eigenvalue weighted by Gasteiger charge is -2.12. The van der Waals surface area contributed by atoms with Crippen LogP contribution in [0.5, 0.6) is 5.75 Å². The molecule has 126 valence electrons. The summed E-state index contributed by atoms with van der Waals surface area (Å²) in [5, 5.41) is 0.341. The number of carbonyl (C=O) groups is 2. The highest BCUT2D eigenvalue weighted by molar-refractivity contribution is 6.30. The van der Waals surface area contributed by atoms with Crippen LogP contribution in [0.15, 0.2) is 36.4 Å². The van der Waals surface area contributed by atoms with E-state index in [0.29, 0.717) is 5.02 Å². The maximum absolute atomic E-state index is 13.7. The molecule has 0 amide bonds. The highest BCUT2D eigenvalue weighted by Gasteiger charge is 2.15. The molecule has 3 nitrogen and oxygen atoms in total. The van der Waals surface area contributed by atoms with Gasteiger partial charge in [0.15, 0.2) is 17.4 Å². The molecule has 0 spiro atoms. The van der Waals surface area contributed by atoms with Crippen molar-refractivity contribution >= 4 is 23.2 Å². The molecule has 0 aliphatic rings. The van der Waals surface area contributed by atoms with Crippen molar-refractivity contribution in [2.45, 2.75) is 26.4 Å². The van der Waals surface area contributed by atoms with Gasteiger partial charge in [-0.05, 0) is 31.2 Å². The summed E-state index contributed by atoms with van der Waals surface area (Å²) in [4.78, 5) is 23.2. The lowest BCUT2D eigenvalue weighted by atomic mass is 10.0. The molecule has 0 aliphatic heterocycles. The number of hydrogen-bond donors (Lipinski definition) is 0. The zero-order valence-electron chi connectivity index (χ0n) is 12.9. The predicted molar refractivity (Wildman–Crippen MR) is 86.4 cm³/mol. The van der Waals surface area contributed by atoms with E-state index in [1.54, 1.807) is 0 Å². The van der Waals surface area contributed by atoms with E-state index >= 15 is 0 Å². The van der Waals surface area contributed by atoms with Crippen molar-refractivity contribution in [3.63, 3.8) is 0 Å². The van der Waals surface area contributed by atoms with Crippen LogP contribution < -0.4 is 4.74 Å². The number of hydrogen-bond acceptors (Lipinski definition) is 3. The minimum absolute atomic E-state index is 0.0251. The Bertz CT molecular complexity index is 775. The third-order valence-electron chi connectivity index (χ3n) is 3.36. The molecule has 0 saturated heterocycles. The first kappa shape index (κ1) is 18.1. The molecule has 2 aromatic carbocycles. The molecule has 0 aliphatic carbocycles. The number of halogens is 3. The van der Waals surface area contributed by atoms with E-state index in [0.717, 1.165) is 6.07 Å². The normalized spacial score (nSPS) is 10.5. The van der Waals surface area contributed by atoms with Crippen LogP contribution in [0.1, 0.15) is 35.7 Å². The zero-order chi connectivity index (χ0) is 17.7. The van der Waals surface area contributed by atoms with Crippen LogP contribution in [-0.4, -0.2) is 11.6 Å². The molecular formula is C18H15ClF2O3. The van der Waals surface area contributed by atoms with Gasteiger partial charge in [-0.15, -0.1) is 0 Å². The Kier molecular flexibility index (Phi) is 6.04. The molecular weight excluding hydrogens is 338 g/mol. The smallest absolute Gasteiger partial charge is 0.167 e. The van der Waals surface area contributed by atoms with E-state index in [-0.39, 0.29) is 47.9 Å². The zero-order valence-corrected chi connectivity index (χ0v) is 13.7. The maximum Gasteiger partial charge on any atom is 0.167 e. The highest BCUT2D eigenvalue weighted by atomic mass is 35.5. The van der Waals surface area contributed by atoms with Gasteiger partial charge in [-0.25, -0.2) is 8.78 Å². The molecule has 0 atom stereocenters. The highest BCUT2D eigenvalue weighted by Crippen LogP contribution is 2.26. The van der Waals surface area contributed by atoms with Crippen molar-refractivity contribution in [1.82, 2.24) is 0 Å².